The van der Waals surface area contributed by atoms with E-state index in [1.165, 1.54) is 24.3 Å². The second kappa shape index (κ2) is 7.63. The second-order valence-corrected chi connectivity index (χ2v) is 5.22. The molecule has 0 aliphatic carbocycles. The molecule has 0 radical (unpaired) electrons. The lowest BCUT2D eigenvalue weighted by molar-refractivity contribution is -0.119. The van der Waals surface area contributed by atoms with Crippen molar-refractivity contribution in [3.05, 3.63) is 63.6 Å². The molecule has 0 saturated heterocycles. The molecule has 0 aromatic heterocycles. The van der Waals surface area contributed by atoms with E-state index in [1.54, 1.807) is 18.2 Å². The van der Waals surface area contributed by atoms with Crippen LogP contribution in [0.3, 0.4) is 0 Å². The molecule has 0 bridgehead atoms. The van der Waals surface area contributed by atoms with Gasteiger partial charge in [0.25, 0.3) is 5.91 Å². The highest BCUT2D eigenvalue weighted by Crippen LogP contribution is 2.20. The molecular weight excluding hydrogens is 339 g/mol. The van der Waals surface area contributed by atoms with Gasteiger partial charge in [-0.15, -0.1) is 0 Å². The Morgan fingerprint density at radius 2 is 1.87 bits per heavy atom. The molecule has 0 atom stereocenters. The van der Waals surface area contributed by atoms with Gasteiger partial charge in [-0.3, -0.25) is 4.79 Å². The molecule has 1 N–H and O–H groups in total. The summed E-state index contributed by atoms with van der Waals surface area (Å²) in [5.74, 6) is -1.23. The number of nitriles is 1. The van der Waals surface area contributed by atoms with E-state index in [1.807, 2.05) is 6.07 Å². The van der Waals surface area contributed by atoms with Crippen LogP contribution >= 0.6 is 23.2 Å². The van der Waals surface area contributed by atoms with Crippen molar-refractivity contribution in [2.24, 2.45) is 0 Å². The molecule has 0 aliphatic heterocycles. The number of ether oxygens (including phenoxy) is 1. The van der Waals surface area contributed by atoms with Crippen molar-refractivity contribution in [1.82, 2.24) is 0 Å². The van der Waals surface area contributed by atoms with Crippen molar-refractivity contribution in [2.75, 3.05) is 11.9 Å². The van der Waals surface area contributed by atoms with Gasteiger partial charge in [-0.1, -0.05) is 35.3 Å². The number of rotatable bonds is 4. The zero-order valence-electron chi connectivity index (χ0n) is 11.7. The fourth-order valence-electron chi connectivity index (χ4n) is 1.72. The Bertz CT molecular complexity index is 800. The number of carbonyl (C=O) groups is 2. The van der Waals surface area contributed by atoms with Gasteiger partial charge in [0.2, 0.25) is 0 Å². The van der Waals surface area contributed by atoms with Crippen LogP contribution in [0, 0.1) is 11.3 Å². The third-order valence-electron chi connectivity index (χ3n) is 2.80. The minimum Gasteiger partial charge on any atom is -0.452 e. The van der Waals surface area contributed by atoms with Crippen LogP contribution < -0.4 is 5.32 Å². The normalized spacial score (nSPS) is 9.78. The van der Waals surface area contributed by atoms with Gasteiger partial charge in [0, 0.05) is 5.69 Å². The Balaban J connectivity index is 1.93. The van der Waals surface area contributed by atoms with Crippen LogP contribution in [0.25, 0.3) is 0 Å². The summed E-state index contributed by atoms with van der Waals surface area (Å²) in [6.45, 7) is -0.471. The summed E-state index contributed by atoms with van der Waals surface area (Å²) in [7, 11) is 0. The van der Waals surface area contributed by atoms with Gasteiger partial charge in [0.05, 0.1) is 21.2 Å². The first-order valence-corrected chi connectivity index (χ1v) is 7.18. The van der Waals surface area contributed by atoms with Crippen molar-refractivity contribution < 1.29 is 14.3 Å². The summed E-state index contributed by atoms with van der Waals surface area (Å²) in [6.07, 6.45) is 0. The minimum atomic E-state index is -0.691. The zero-order chi connectivity index (χ0) is 16.8. The van der Waals surface area contributed by atoms with Crippen LogP contribution in [-0.2, 0) is 9.53 Å². The molecule has 7 heteroatoms. The maximum atomic E-state index is 11.8. The molecule has 0 fully saturated rings. The summed E-state index contributed by atoms with van der Waals surface area (Å²) >= 11 is 11.7. The molecule has 2 aromatic carbocycles. The van der Waals surface area contributed by atoms with Gasteiger partial charge in [-0.2, -0.15) is 5.26 Å². The Morgan fingerprint density at radius 1 is 1.13 bits per heavy atom. The number of nitrogens with zero attached hydrogens (tertiary/aromatic N) is 1. The number of halogens is 2. The van der Waals surface area contributed by atoms with E-state index in [9.17, 15) is 9.59 Å². The van der Waals surface area contributed by atoms with Crippen LogP contribution in [0.2, 0.25) is 10.0 Å². The summed E-state index contributed by atoms with van der Waals surface area (Å²) in [5.41, 5.74) is 0.881. The third-order valence-corrected chi connectivity index (χ3v) is 3.44. The number of carbonyl (C=O) groups excluding carboxylic acids is 2. The highest BCUT2D eigenvalue weighted by atomic mass is 35.5. The monoisotopic (exact) mass is 348 g/mol. The van der Waals surface area contributed by atoms with E-state index >= 15 is 0 Å². The molecule has 5 nitrogen and oxygen atoms in total. The molecule has 23 heavy (non-hydrogen) atoms. The smallest absolute Gasteiger partial charge is 0.340 e. The molecule has 2 rings (SSSR count). The van der Waals surface area contributed by atoms with Crippen molar-refractivity contribution in [3.8, 4) is 6.07 Å². The van der Waals surface area contributed by atoms with E-state index in [2.05, 4.69) is 5.32 Å². The average molecular weight is 349 g/mol. The number of hydrogen-bond acceptors (Lipinski definition) is 4. The first-order chi connectivity index (χ1) is 11.0. The van der Waals surface area contributed by atoms with Gasteiger partial charge in [0.15, 0.2) is 6.61 Å². The summed E-state index contributed by atoms with van der Waals surface area (Å²) in [4.78, 5) is 23.6. The third kappa shape index (κ3) is 4.46. The van der Waals surface area contributed by atoms with E-state index in [4.69, 9.17) is 33.2 Å². The Labute approximate surface area is 142 Å². The SMILES string of the molecule is N#Cc1ccc(NC(=O)COC(=O)c2ccccc2Cl)cc1Cl. The molecule has 0 aliphatic rings. The van der Waals surface area contributed by atoms with E-state index in [0.717, 1.165) is 0 Å². The topological polar surface area (TPSA) is 79.2 Å². The summed E-state index contributed by atoms with van der Waals surface area (Å²) in [6, 6.07) is 12.7. The van der Waals surface area contributed by atoms with Crippen molar-refractivity contribution >= 4 is 40.8 Å². The van der Waals surface area contributed by atoms with Gasteiger partial charge in [0.1, 0.15) is 6.07 Å². The highest BCUT2D eigenvalue weighted by molar-refractivity contribution is 6.33. The molecule has 2 aromatic rings. The Morgan fingerprint density at radius 3 is 2.52 bits per heavy atom. The Hall–Kier alpha value is -2.55. The highest BCUT2D eigenvalue weighted by Gasteiger charge is 2.13. The lowest BCUT2D eigenvalue weighted by Crippen LogP contribution is -2.21. The standard InChI is InChI=1S/C16H10Cl2N2O3/c17-13-4-2-1-3-12(13)16(22)23-9-15(21)20-11-6-5-10(8-19)14(18)7-11/h1-7H,9H2,(H,20,21). The van der Waals surface area contributed by atoms with E-state index in [0.29, 0.717) is 11.3 Å². The molecular formula is C16H10Cl2N2O3. The summed E-state index contributed by atoms with van der Waals surface area (Å²) < 4.78 is 4.90. The lowest BCUT2D eigenvalue weighted by Gasteiger charge is -2.08. The van der Waals surface area contributed by atoms with Crippen LogP contribution in [0.5, 0.6) is 0 Å². The first kappa shape index (κ1) is 16.8. The van der Waals surface area contributed by atoms with Gasteiger partial charge >= 0.3 is 5.97 Å². The molecule has 0 spiro atoms. The number of esters is 1. The molecule has 1 amide bonds. The van der Waals surface area contributed by atoms with Crippen LogP contribution in [0.1, 0.15) is 15.9 Å². The molecule has 0 unspecified atom stereocenters. The van der Waals surface area contributed by atoms with E-state index in [-0.39, 0.29) is 15.6 Å². The van der Waals surface area contributed by atoms with Crippen LogP contribution in [0.4, 0.5) is 5.69 Å². The van der Waals surface area contributed by atoms with Crippen molar-refractivity contribution in [2.45, 2.75) is 0 Å². The zero-order valence-corrected chi connectivity index (χ0v) is 13.2. The fraction of sp³-hybridized carbons (Fsp3) is 0.0625. The van der Waals surface area contributed by atoms with Crippen LogP contribution in [-0.4, -0.2) is 18.5 Å². The van der Waals surface area contributed by atoms with Gasteiger partial charge in [-0.25, -0.2) is 4.79 Å². The second-order valence-electron chi connectivity index (χ2n) is 4.41. The molecule has 0 heterocycles. The first-order valence-electron chi connectivity index (χ1n) is 6.42. The molecule has 116 valence electrons. The number of anilines is 1. The van der Waals surface area contributed by atoms with Crippen LogP contribution in [0.15, 0.2) is 42.5 Å². The predicted octanol–water partition coefficient (Wildman–Crippen LogP) is 3.66. The maximum Gasteiger partial charge on any atom is 0.340 e. The average Bonchev–Trinajstić information content (AvgIpc) is 2.53. The number of benzene rings is 2. The molecule has 0 saturated carbocycles. The minimum absolute atomic E-state index is 0.184. The van der Waals surface area contributed by atoms with Crippen molar-refractivity contribution in [3.63, 3.8) is 0 Å². The summed E-state index contributed by atoms with van der Waals surface area (Å²) in [5, 5.41) is 11.8. The number of nitrogens with one attached hydrogen (secondary N) is 1. The van der Waals surface area contributed by atoms with Gasteiger partial charge in [-0.05, 0) is 30.3 Å². The quantitative estimate of drug-likeness (QED) is 0.855. The predicted molar refractivity (Wildman–Crippen MR) is 86.5 cm³/mol. The van der Waals surface area contributed by atoms with E-state index < -0.39 is 18.5 Å². The fourth-order valence-corrected chi connectivity index (χ4v) is 2.15. The maximum absolute atomic E-state index is 11.8. The largest absolute Gasteiger partial charge is 0.452 e. The lowest BCUT2D eigenvalue weighted by atomic mass is 10.2. The van der Waals surface area contributed by atoms with Gasteiger partial charge < -0.3 is 10.1 Å². The number of amides is 1. The number of hydrogen-bond donors (Lipinski definition) is 1. The van der Waals surface area contributed by atoms with Crippen molar-refractivity contribution in [1.29, 1.82) is 5.26 Å². The Kier molecular flexibility index (Phi) is 5.58.